The molecule has 0 aromatic carbocycles. The summed E-state index contributed by atoms with van der Waals surface area (Å²) in [5.41, 5.74) is 4.98. The molecule has 0 aliphatic heterocycles. The number of carbonyl (C=O) groups is 3. The number of carbonyl (C=O) groups excluding carboxylic acids is 3. The molecule has 0 bridgehead atoms. The van der Waals surface area contributed by atoms with Gasteiger partial charge in [-0.05, 0) is 31.4 Å². The monoisotopic (exact) mass is 335 g/mol. The van der Waals surface area contributed by atoms with Crippen molar-refractivity contribution in [1.29, 1.82) is 0 Å². The average Bonchev–Trinajstić information content (AvgIpc) is 3.14. The fraction of sp³-hybridized carbons (Fsp3) is 0.267. The van der Waals surface area contributed by atoms with Crippen LogP contribution in [0.1, 0.15) is 38.0 Å². The fourth-order valence-corrected chi connectivity index (χ4v) is 2.54. The van der Waals surface area contributed by atoms with Crippen LogP contribution >= 0.6 is 11.3 Å². The summed E-state index contributed by atoms with van der Waals surface area (Å²) in [6, 6.07) is 5.08. The van der Waals surface area contributed by atoms with E-state index in [1.165, 1.54) is 11.3 Å². The first-order chi connectivity index (χ1) is 11.0. The van der Waals surface area contributed by atoms with Crippen LogP contribution in [-0.2, 0) is 4.79 Å². The number of hydrazine groups is 1. The van der Waals surface area contributed by atoms with Gasteiger partial charge < -0.3 is 9.73 Å². The van der Waals surface area contributed by atoms with Crippen molar-refractivity contribution in [2.24, 2.45) is 0 Å². The maximum Gasteiger partial charge on any atom is 0.273 e. The third kappa shape index (κ3) is 4.68. The Morgan fingerprint density at radius 1 is 1.17 bits per heavy atom. The van der Waals surface area contributed by atoms with Gasteiger partial charge in [-0.25, -0.2) is 0 Å². The largest absolute Gasteiger partial charge is 0.466 e. The Bertz CT molecular complexity index is 706. The van der Waals surface area contributed by atoms with Crippen LogP contribution in [0.4, 0.5) is 0 Å². The summed E-state index contributed by atoms with van der Waals surface area (Å²) in [5, 5.41) is 4.43. The smallest absolute Gasteiger partial charge is 0.273 e. The molecule has 2 rings (SSSR count). The number of furan rings is 1. The zero-order valence-corrected chi connectivity index (χ0v) is 13.6. The molecule has 0 atom stereocenters. The summed E-state index contributed by atoms with van der Waals surface area (Å²) < 4.78 is 5.25. The third-order valence-corrected chi connectivity index (χ3v) is 3.85. The van der Waals surface area contributed by atoms with Crippen LogP contribution in [-0.4, -0.2) is 24.3 Å². The fourth-order valence-electron chi connectivity index (χ4n) is 1.90. The SMILES string of the molecule is Cc1cc(C(=O)NNC(=O)CCNC(=O)c2cccs2)c(C)o1. The second kappa shape index (κ2) is 7.59. The molecule has 7 nitrogen and oxygen atoms in total. The normalized spacial score (nSPS) is 10.2. The van der Waals surface area contributed by atoms with Crippen LogP contribution < -0.4 is 16.2 Å². The number of aryl methyl sites for hydroxylation is 2. The summed E-state index contributed by atoms with van der Waals surface area (Å²) in [6.45, 7) is 3.59. The summed E-state index contributed by atoms with van der Waals surface area (Å²) in [6.07, 6.45) is 0.0563. The number of amides is 3. The molecular weight excluding hydrogens is 318 g/mol. The lowest BCUT2D eigenvalue weighted by atomic mass is 10.2. The predicted octanol–water partition coefficient (Wildman–Crippen LogP) is 1.54. The van der Waals surface area contributed by atoms with E-state index < -0.39 is 11.8 Å². The summed E-state index contributed by atoms with van der Waals surface area (Å²) in [7, 11) is 0. The summed E-state index contributed by atoms with van der Waals surface area (Å²) in [5.74, 6) is 0.0343. The van der Waals surface area contributed by atoms with E-state index in [4.69, 9.17) is 4.42 Å². The highest BCUT2D eigenvalue weighted by Crippen LogP contribution is 2.12. The van der Waals surface area contributed by atoms with Gasteiger partial charge >= 0.3 is 0 Å². The maximum atomic E-state index is 11.9. The molecule has 3 amide bonds. The molecule has 0 saturated heterocycles. The van der Waals surface area contributed by atoms with E-state index in [1.54, 1.807) is 37.4 Å². The lowest BCUT2D eigenvalue weighted by molar-refractivity contribution is -0.121. The molecule has 0 aliphatic rings. The third-order valence-electron chi connectivity index (χ3n) is 2.98. The number of rotatable bonds is 5. The van der Waals surface area contributed by atoms with Gasteiger partial charge in [0.2, 0.25) is 5.91 Å². The molecule has 2 aromatic heterocycles. The van der Waals surface area contributed by atoms with Crippen molar-refractivity contribution in [3.05, 3.63) is 45.5 Å². The first kappa shape index (κ1) is 16.8. The highest BCUT2D eigenvalue weighted by Gasteiger charge is 2.14. The van der Waals surface area contributed by atoms with E-state index >= 15 is 0 Å². The van der Waals surface area contributed by atoms with Crippen molar-refractivity contribution in [3.8, 4) is 0 Å². The molecule has 8 heteroatoms. The molecule has 2 heterocycles. The number of hydrogen-bond acceptors (Lipinski definition) is 5. The van der Waals surface area contributed by atoms with Crippen LogP contribution in [0.25, 0.3) is 0 Å². The number of thiophene rings is 1. The summed E-state index contributed by atoms with van der Waals surface area (Å²) >= 11 is 1.33. The Kier molecular flexibility index (Phi) is 5.53. The number of nitrogens with one attached hydrogen (secondary N) is 3. The number of hydrogen-bond donors (Lipinski definition) is 3. The van der Waals surface area contributed by atoms with Gasteiger partial charge in [-0.3, -0.25) is 25.2 Å². The van der Waals surface area contributed by atoms with E-state index in [0.29, 0.717) is 22.0 Å². The highest BCUT2D eigenvalue weighted by molar-refractivity contribution is 7.12. The van der Waals surface area contributed by atoms with E-state index in [2.05, 4.69) is 16.2 Å². The van der Waals surface area contributed by atoms with E-state index in [0.717, 1.165) is 0 Å². The lowest BCUT2D eigenvalue weighted by Gasteiger charge is -2.07. The first-order valence-electron chi connectivity index (χ1n) is 6.95. The van der Waals surface area contributed by atoms with Gasteiger partial charge in [0, 0.05) is 13.0 Å². The van der Waals surface area contributed by atoms with Crippen molar-refractivity contribution in [2.75, 3.05) is 6.54 Å². The van der Waals surface area contributed by atoms with E-state index in [-0.39, 0.29) is 18.9 Å². The zero-order chi connectivity index (χ0) is 16.8. The Balaban J connectivity index is 1.70. The minimum Gasteiger partial charge on any atom is -0.466 e. The quantitative estimate of drug-likeness (QED) is 0.722. The second-order valence-corrected chi connectivity index (χ2v) is 5.76. The van der Waals surface area contributed by atoms with E-state index in [9.17, 15) is 14.4 Å². The molecule has 23 heavy (non-hydrogen) atoms. The van der Waals surface area contributed by atoms with Crippen LogP contribution in [0.15, 0.2) is 28.0 Å². The lowest BCUT2D eigenvalue weighted by Crippen LogP contribution is -2.42. The molecule has 122 valence electrons. The van der Waals surface area contributed by atoms with Gasteiger partial charge in [0.15, 0.2) is 0 Å². The van der Waals surface area contributed by atoms with Gasteiger partial charge in [0.05, 0.1) is 10.4 Å². The van der Waals surface area contributed by atoms with Crippen molar-refractivity contribution >= 4 is 29.1 Å². The molecule has 0 fully saturated rings. The van der Waals surface area contributed by atoms with Crippen LogP contribution in [0.5, 0.6) is 0 Å². The highest BCUT2D eigenvalue weighted by atomic mass is 32.1. The molecule has 0 saturated carbocycles. The van der Waals surface area contributed by atoms with Crippen molar-refractivity contribution < 1.29 is 18.8 Å². The van der Waals surface area contributed by atoms with E-state index in [1.807, 2.05) is 0 Å². The topological polar surface area (TPSA) is 100 Å². The van der Waals surface area contributed by atoms with Crippen LogP contribution in [0.3, 0.4) is 0 Å². The Hall–Kier alpha value is -2.61. The Labute approximate surface area is 137 Å². The second-order valence-electron chi connectivity index (χ2n) is 4.81. The maximum absolute atomic E-state index is 11.9. The standard InChI is InChI=1S/C15H17N3O4S/c1-9-8-11(10(2)22-9)14(20)18-17-13(19)5-6-16-15(21)12-4-3-7-23-12/h3-4,7-8H,5-6H2,1-2H3,(H,16,21)(H,17,19)(H,18,20). The summed E-state index contributed by atoms with van der Waals surface area (Å²) in [4.78, 5) is 35.8. The zero-order valence-electron chi connectivity index (χ0n) is 12.8. The van der Waals surface area contributed by atoms with Crippen LogP contribution in [0, 0.1) is 13.8 Å². The molecule has 0 spiro atoms. The first-order valence-corrected chi connectivity index (χ1v) is 7.83. The molecule has 3 N–H and O–H groups in total. The van der Waals surface area contributed by atoms with Gasteiger partial charge in [0.1, 0.15) is 11.5 Å². The van der Waals surface area contributed by atoms with Gasteiger partial charge in [0.25, 0.3) is 11.8 Å². The molecular formula is C15H17N3O4S. The minimum atomic E-state index is -0.449. The Morgan fingerprint density at radius 3 is 2.57 bits per heavy atom. The van der Waals surface area contributed by atoms with Crippen LogP contribution in [0.2, 0.25) is 0 Å². The minimum absolute atomic E-state index is 0.0563. The molecule has 0 aliphatic carbocycles. The molecule has 0 unspecified atom stereocenters. The molecule has 2 aromatic rings. The van der Waals surface area contributed by atoms with Crippen molar-refractivity contribution in [3.63, 3.8) is 0 Å². The van der Waals surface area contributed by atoms with Crippen molar-refractivity contribution in [1.82, 2.24) is 16.2 Å². The molecule has 0 radical (unpaired) electrons. The Morgan fingerprint density at radius 2 is 1.96 bits per heavy atom. The average molecular weight is 335 g/mol. The van der Waals surface area contributed by atoms with Crippen molar-refractivity contribution in [2.45, 2.75) is 20.3 Å². The predicted molar refractivity (Wildman–Crippen MR) is 85.1 cm³/mol. The van der Waals surface area contributed by atoms with Gasteiger partial charge in [-0.15, -0.1) is 11.3 Å². The van der Waals surface area contributed by atoms with Gasteiger partial charge in [-0.1, -0.05) is 6.07 Å². The van der Waals surface area contributed by atoms with Gasteiger partial charge in [-0.2, -0.15) is 0 Å².